The molecule has 9 heteroatoms. The molecule has 0 aromatic heterocycles. The highest BCUT2D eigenvalue weighted by Gasteiger charge is 2.28. The second-order valence-corrected chi connectivity index (χ2v) is 25.7. The van der Waals surface area contributed by atoms with E-state index in [1.807, 2.05) is 27.2 Å². The van der Waals surface area contributed by atoms with Gasteiger partial charge in [0.25, 0.3) is 0 Å². The molecule has 0 heterocycles. The zero-order valence-electron chi connectivity index (χ0n) is 50.6. The molecule has 0 aliphatic carbocycles. The van der Waals surface area contributed by atoms with Gasteiger partial charge in [0, 0.05) is 6.42 Å². The average Bonchev–Trinajstić information content (AvgIpc) is 3.36. The van der Waals surface area contributed by atoms with Crippen LogP contribution >= 0.6 is 7.82 Å². The predicted octanol–water partition coefficient (Wildman–Crippen LogP) is 20.6. The molecule has 442 valence electrons. The minimum Gasteiger partial charge on any atom is -0.387 e. The van der Waals surface area contributed by atoms with Crippen molar-refractivity contribution < 1.29 is 32.9 Å². The first-order valence-electron chi connectivity index (χ1n) is 33.1. The first-order valence-corrected chi connectivity index (χ1v) is 34.6. The van der Waals surface area contributed by atoms with Crippen LogP contribution in [0.4, 0.5) is 0 Å². The number of likely N-dealkylation sites (N-methyl/N-ethyl adjacent to an activating group) is 1. The SMILES string of the molecule is CCCCCCCCCCCC/C=C/C(O)C(COP(=O)(O)OCC[N+](C)(C)C)NC(=O)CCCCCCCCCCCCCCCCCCCCCCCCCCCCCCCCCCCCCCCCCC. The van der Waals surface area contributed by atoms with Gasteiger partial charge < -0.3 is 19.8 Å². The molecule has 3 N–H and O–H groups in total. The van der Waals surface area contributed by atoms with Crippen molar-refractivity contribution in [3.05, 3.63) is 12.2 Å². The van der Waals surface area contributed by atoms with Crippen LogP contribution in [0.2, 0.25) is 0 Å². The number of aliphatic hydroxyl groups is 1. The lowest BCUT2D eigenvalue weighted by Crippen LogP contribution is -2.45. The monoisotopic (exact) mass is 1070 g/mol. The molecule has 0 bridgehead atoms. The van der Waals surface area contributed by atoms with Crippen LogP contribution < -0.4 is 5.32 Å². The van der Waals surface area contributed by atoms with E-state index in [0.29, 0.717) is 17.4 Å². The van der Waals surface area contributed by atoms with E-state index in [1.54, 1.807) is 6.08 Å². The quantitative estimate of drug-likeness (QED) is 0.0243. The van der Waals surface area contributed by atoms with Crippen molar-refractivity contribution >= 4 is 13.7 Å². The number of quaternary nitrogens is 1. The molecule has 1 amide bonds. The fraction of sp³-hybridized carbons (Fsp3) is 0.954. The zero-order chi connectivity index (χ0) is 54.2. The van der Waals surface area contributed by atoms with Crippen molar-refractivity contribution in [1.82, 2.24) is 5.32 Å². The van der Waals surface area contributed by atoms with E-state index in [-0.39, 0.29) is 19.1 Å². The van der Waals surface area contributed by atoms with Gasteiger partial charge in [-0.1, -0.05) is 334 Å². The number of nitrogens with zero attached hydrogens (tertiary/aromatic N) is 1. The van der Waals surface area contributed by atoms with Crippen LogP contribution in [0.15, 0.2) is 12.2 Å². The molecule has 3 unspecified atom stereocenters. The molecule has 0 aliphatic rings. The number of amides is 1. The van der Waals surface area contributed by atoms with Gasteiger partial charge in [0.1, 0.15) is 13.2 Å². The summed E-state index contributed by atoms with van der Waals surface area (Å²) in [6.07, 6.45) is 72.4. The van der Waals surface area contributed by atoms with E-state index < -0.39 is 20.0 Å². The summed E-state index contributed by atoms with van der Waals surface area (Å²) in [6, 6.07) is -0.841. The molecule has 0 aromatic rings. The molecule has 0 fully saturated rings. The van der Waals surface area contributed by atoms with Crippen molar-refractivity contribution in [1.29, 1.82) is 0 Å². The second-order valence-electron chi connectivity index (χ2n) is 24.2. The smallest absolute Gasteiger partial charge is 0.387 e. The van der Waals surface area contributed by atoms with Gasteiger partial charge in [-0.2, -0.15) is 0 Å². The summed E-state index contributed by atoms with van der Waals surface area (Å²) in [6.45, 7) is 4.85. The van der Waals surface area contributed by atoms with Crippen molar-refractivity contribution in [2.24, 2.45) is 0 Å². The number of phosphoric acid groups is 1. The molecular formula is C65H132N2O6P+. The van der Waals surface area contributed by atoms with Crippen molar-refractivity contribution in [2.75, 3.05) is 40.9 Å². The Balaban J connectivity index is 3.78. The molecule has 0 radical (unpaired) electrons. The summed E-state index contributed by atoms with van der Waals surface area (Å²) in [5.74, 6) is -0.170. The van der Waals surface area contributed by atoms with Gasteiger partial charge in [-0.25, -0.2) is 4.57 Å². The maximum absolute atomic E-state index is 13.0. The van der Waals surface area contributed by atoms with E-state index in [4.69, 9.17) is 9.05 Å². The van der Waals surface area contributed by atoms with Crippen molar-refractivity contribution in [3.63, 3.8) is 0 Å². The molecule has 0 saturated carbocycles. The molecule has 8 nitrogen and oxygen atoms in total. The lowest BCUT2D eigenvalue weighted by atomic mass is 10.0. The highest BCUT2D eigenvalue weighted by molar-refractivity contribution is 7.47. The molecular weight excluding hydrogens is 936 g/mol. The second kappa shape index (κ2) is 56.9. The third kappa shape index (κ3) is 58.9. The number of rotatable bonds is 62. The van der Waals surface area contributed by atoms with E-state index in [1.165, 1.54) is 289 Å². The minimum atomic E-state index is -4.34. The Morgan fingerprint density at radius 1 is 0.446 bits per heavy atom. The fourth-order valence-corrected chi connectivity index (χ4v) is 11.1. The summed E-state index contributed by atoms with van der Waals surface area (Å²) < 4.78 is 23.7. The first-order chi connectivity index (χ1) is 36.0. The Labute approximate surface area is 462 Å². The predicted molar refractivity (Wildman–Crippen MR) is 323 cm³/mol. The third-order valence-corrected chi connectivity index (χ3v) is 16.5. The molecule has 0 spiro atoms. The Bertz CT molecular complexity index is 1210. The van der Waals surface area contributed by atoms with Gasteiger partial charge in [-0.05, 0) is 19.3 Å². The summed E-state index contributed by atoms with van der Waals surface area (Å²) in [5.41, 5.74) is 0. The van der Waals surface area contributed by atoms with Crippen LogP contribution in [0.1, 0.15) is 348 Å². The molecule has 0 saturated heterocycles. The molecule has 74 heavy (non-hydrogen) atoms. The van der Waals surface area contributed by atoms with Gasteiger partial charge >= 0.3 is 7.82 Å². The number of hydrogen-bond acceptors (Lipinski definition) is 5. The Morgan fingerprint density at radius 3 is 1.00 bits per heavy atom. The highest BCUT2D eigenvalue weighted by atomic mass is 31.2. The molecule has 0 aliphatic heterocycles. The van der Waals surface area contributed by atoms with E-state index in [9.17, 15) is 19.4 Å². The first kappa shape index (κ1) is 73.2. The summed E-state index contributed by atoms with van der Waals surface area (Å²) in [7, 11) is 1.59. The number of carbonyl (C=O) groups is 1. The van der Waals surface area contributed by atoms with Crippen molar-refractivity contribution in [3.8, 4) is 0 Å². The van der Waals surface area contributed by atoms with Crippen LogP contribution in [0.25, 0.3) is 0 Å². The van der Waals surface area contributed by atoms with Gasteiger partial charge in [0.2, 0.25) is 5.91 Å². The van der Waals surface area contributed by atoms with Gasteiger partial charge in [0.15, 0.2) is 0 Å². The standard InChI is InChI=1S/C65H131N2O6P/c1-6-8-10-12-14-16-18-20-21-22-23-24-25-26-27-28-29-30-31-32-33-34-35-36-37-38-39-40-41-42-43-44-45-46-47-49-51-53-55-57-59-65(69)66-63(62-73-74(70,71)72-61-60-67(3,4)5)64(68)58-56-54-52-50-48-19-17-15-13-11-9-7-2/h56,58,63-64,68H,6-55,57,59-62H2,1-5H3,(H-,66,69,70,71)/p+1/b58-56+. The summed E-state index contributed by atoms with van der Waals surface area (Å²) in [4.78, 5) is 23.3. The van der Waals surface area contributed by atoms with Crippen LogP contribution in [0.3, 0.4) is 0 Å². The normalized spacial score (nSPS) is 13.8. The van der Waals surface area contributed by atoms with Crippen LogP contribution in [-0.2, 0) is 18.4 Å². The topological polar surface area (TPSA) is 105 Å². The van der Waals surface area contributed by atoms with Gasteiger partial charge in [-0.3, -0.25) is 13.8 Å². The molecule has 0 aromatic carbocycles. The number of aliphatic hydroxyl groups excluding tert-OH is 1. The maximum Gasteiger partial charge on any atom is 0.472 e. The van der Waals surface area contributed by atoms with Crippen LogP contribution in [-0.4, -0.2) is 73.4 Å². The van der Waals surface area contributed by atoms with E-state index in [0.717, 1.165) is 38.5 Å². The Morgan fingerprint density at radius 2 is 0.716 bits per heavy atom. The highest BCUT2D eigenvalue weighted by Crippen LogP contribution is 2.43. The Kier molecular flexibility index (Phi) is 56.4. The van der Waals surface area contributed by atoms with Gasteiger partial charge in [-0.15, -0.1) is 0 Å². The lowest BCUT2D eigenvalue weighted by molar-refractivity contribution is -0.870. The van der Waals surface area contributed by atoms with E-state index in [2.05, 4.69) is 19.2 Å². The largest absolute Gasteiger partial charge is 0.472 e. The minimum absolute atomic E-state index is 0.0649. The molecule has 3 atom stereocenters. The number of hydrogen-bond donors (Lipinski definition) is 3. The van der Waals surface area contributed by atoms with Crippen LogP contribution in [0, 0.1) is 0 Å². The third-order valence-electron chi connectivity index (χ3n) is 15.5. The number of unbranched alkanes of at least 4 members (excludes halogenated alkanes) is 49. The lowest BCUT2D eigenvalue weighted by Gasteiger charge is -2.25. The average molecular weight is 1070 g/mol. The van der Waals surface area contributed by atoms with Crippen LogP contribution in [0.5, 0.6) is 0 Å². The van der Waals surface area contributed by atoms with E-state index >= 15 is 0 Å². The maximum atomic E-state index is 13.0. The number of nitrogens with one attached hydrogen (secondary N) is 1. The summed E-state index contributed by atoms with van der Waals surface area (Å²) >= 11 is 0. The number of allylic oxidation sites excluding steroid dienone is 1. The van der Waals surface area contributed by atoms with Crippen molar-refractivity contribution in [2.45, 2.75) is 360 Å². The molecule has 0 rings (SSSR count). The van der Waals surface area contributed by atoms with Gasteiger partial charge in [0.05, 0.1) is 39.9 Å². The zero-order valence-corrected chi connectivity index (χ0v) is 51.5. The Hall–Kier alpha value is -0.760. The fourth-order valence-electron chi connectivity index (χ4n) is 10.3. The number of carbonyl (C=O) groups excluding carboxylic acids is 1. The number of phosphoric ester groups is 1. The summed E-state index contributed by atoms with van der Waals surface area (Å²) in [5, 5.41) is 13.9.